The Morgan fingerprint density at radius 1 is 0.935 bits per heavy atom. The predicted molar refractivity (Wildman–Crippen MR) is 117 cm³/mol. The maximum Gasteiger partial charge on any atom is 0.259 e. The van der Waals surface area contributed by atoms with E-state index in [4.69, 9.17) is 14.0 Å². The Labute approximate surface area is 179 Å². The van der Waals surface area contributed by atoms with E-state index >= 15 is 0 Å². The van der Waals surface area contributed by atoms with Gasteiger partial charge in [-0.2, -0.15) is 4.98 Å². The standard InChI is InChI=1S/C24H21N3O4/c1-15-8-4-7-11-19(15)25-23(28)17-9-5-6-10-18(17)24-26-22(27-31-24)16-12-13-20(29-2)21(14-16)30-3/h4-14H,1-3H3,(H,25,28). The fourth-order valence-electron chi connectivity index (χ4n) is 3.20. The van der Waals surface area contributed by atoms with Gasteiger partial charge in [0.25, 0.3) is 11.8 Å². The van der Waals surface area contributed by atoms with Gasteiger partial charge < -0.3 is 19.3 Å². The lowest BCUT2D eigenvalue weighted by Crippen LogP contribution is -2.13. The zero-order valence-corrected chi connectivity index (χ0v) is 17.4. The number of benzene rings is 3. The molecule has 156 valence electrons. The molecule has 4 rings (SSSR count). The minimum Gasteiger partial charge on any atom is -0.493 e. The van der Waals surface area contributed by atoms with E-state index in [1.807, 2.05) is 43.3 Å². The van der Waals surface area contributed by atoms with Crippen molar-refractivity contribution >= 4 is 11.6 Å². The number of nitrogens with zero attached hydrogens (tertiary/aromatic N) is 2. The molecule has 0 bridgehead atoms. The van der Waals surface area contributed by atoms with E-state index in [1.165, 1.54) is 0 Å². The summed E-state index contributed by atoms with van der Waals surface area (Å²) in [4.78, 5) is 17.5. The lowest BCUT2D eigenvalue weighted by Gasteiger charge is -2.10. The summed E-state index contributed by atoms with van der Waals surface area (Å²) in [6.45, 7) is 1.94. The average Bonchev–Trinajstić information content (AvgIpc) is 3.30. The van der Waals surface area contributed by atoms with Crippen LogP contribution in [0.1, 0.15) is 15.9 Å². The first kappa shape index (κ1) is 20.2. The van der Waals surface area contributed by atoms with E-state index in [1.54, 1.807) is 44.6 Å². The Balaban J connectivity index is 1.66. The van der Waals surface area contributed by atoms with Gasteiger partial charge in [0.2, 0.25) is 5.82 Å². The second kappa shape index (κ2) is 8.71. The molecule has 0 saturated carbocycles. The number of ether oxygens (including phenoxy) is 2. The average molecular weight is 415 g/mol. The van der Waals surface area contributed by atoms with Crippen molar-refractivity contribution in [3.8, 4) is 34.3 Å². The number of nitrogens with one attached hydrogen (secondary N) is 1. The summed E-state index contributed by atoms with van der Waals surface area (Å²) in [7, 11) is 3.13. The molecule has 0 aliphatic rings. The third-order valence-electron chi connectivity index (χ3n) is 4.86. The van der Waals surface area contributed by atoms with Crippen molar-refractivity contribution in [1.82, 2.24) is 10.1 Å². The molecule has 0 aliphatic carbocycles. The van der Waals surface area contributed by atoms with Crippen LogP contribution in [0.3, 0.4) is 0 Å². The van der Waals surface area contributed by atoms with Crippen LogP contribution in [0, 0.1) is 6.92 Å². The molecule has 0 saturated heterocycles. The van der Waals surface area contributed by atoms with Crippen LogP contribution in [0.4, 0.5) is 5.69 Å². The highest BCUT2D eigenvalue weighted by atomic mass is 16.5. The summed E-state index contributed by atoms with van der Waals surface area (Å²) in [5, 5.41) is 7.02. The van der Waals surface area contributed by atoms with E-state index in [2.05, 4.69) is 15.5 Å². The summed E-state index contributed by atoms with van der Waals surface area (Å²) in [5.74, 6) is 1.54. The number of carbonyl (C=O) groups is 1. The van der Waals surface area contributed by atoms with Gasteiger partial charge in [-0.3, -0.25) is 4.79 Å². The van der Waals surface area contributed by atoms with Crippen molar-refractivity contribution in [3.63, 3.8) is 0 Å². The van der Waals surface area contributed by atoms with Crippen LogP contribution in [0.25, 0.3) is 22.8 Å². The number of aromatic nitrogens is 2. The number of hydrogen-bond donors (Lipinski definition) is 1. The topological polar surface area (TPSA) is 86.5 Å². The summed E-state index contributed by atoms with van der Waals surface area (Å²) >= 11 is 0. The Kier molecular flexibility index (Phi) is 5.66. The number of anilines is 1. The third kappa shape index (κ3) is 4.11. The molecule has 4 aromatic rings. The molecule has 1 heterocycles. The van der Waals surface area contributed by atoms with Gasteiger partial charge >= 0.3 is 0 Å². The first-order valence-corrected chi connectivity index (χ1v) is 9.63. The van der Waals surface area contributed by atoms with Crippen molar-refractivity contribution in [2.24, 2.45) is 0 Å². The molecule has 7 nitrogen and oxygen atoms in total. The van der Waals surface area contributed by atoms with E-state index in [-0.39, 0.29) is 11.8 Å². The first-order valence-electron chi connectivity index (χ1n) is 9.63. The molecule has 0 radical (unpaired) electrons. The van der Waals surface area contributed by atoms with Gasteiger partial charge in [-0.05, 0) is 48.9 Å². The minimum absolute atomic E-state index is 0.250. The Hall–Kier alpha value is -4.13. The zero-order chi connectivity index (χ0) is 21.8. The van der Waals surface area contributed by atoms with Gasteiger partial charge in [-0.25, -0.2) is 0 Å². The van der Waals surface area contributed by atoms with Gasteiger partial charge in [0.05, 0.1) is 25.3 Å². The molecule has 1 amide bonds. The van der Waals surface area contributed by atoms with E-state index < -0.39 is 0 Å². The van der Waals surface area contributed by atoms with E-state index in [9.17, 15) is 4.79 Å². The Morgan fingerprint density at radius 2 is 1.68 bits per heavy atom. The number of carbonyl (C=O) groups excluding carboxylic acids is 1. The van der Waals surface area contributed by atoms with Crippen LogP contribution in [0.2, 0.25) is 0 Å². The Bertz CT molecular complexity index is 1230. The van der Waals surface area contributed by atoms with Crippen LogP contribution < -0.4 is 14.8 Å². The van der Waals surface area contributed by atoms with Crippen LogP contribution in [-0.2, 0) is 0 Å². The van der Waals surface area contributed by atoms with Crippen LogP contribution in [0.5, 0.6) is 11.5 Å². The normalized spacial score (nSPS) is 10.5. The smallest absolute Gasteiger partial charge is 0.259 e. The largest absolute Gasteiger partial charge is 0.493 e. The number of amides is 1. The van der Waals surface area contributed by atoms with Gasteiger partial charge in [0.1, 0.15) is 0 Å². The van der Waals surface area contributed by atoms with Gasteiger partial charge in [-0.1, -0.05) is 35.5 Å². The summed E-state index contributed by atoms with van der Waals surface area (Å²) < 4.78 is 16.1. The first-order chi connectivity index (χ1) is 15.1. The maximum absolute atomic E-state index is 13.0. The third-order valence-corrected chi connectivity index (χ3v) is 4.86. The SMILES string of the molecule is COc1ccc(-c2noc(-c3ccccc3C(=O)Nc3ccccc3C)n2)cc1OC. The van der Waals surface area contributed by atoms with Crippen LogP contribution in [0.15, 0.2) is 71.3 Å². The predicted octanol–water partition coefficient (Wildman–Crippen LogP) is 4.98. The van der Waals surface area contributed by atoms with Crippen molar-refractivity contribution in [3.05, 3.63) is 77.9 Å². The van der Waals surface area contributed by atoms with Crippen molar-refractivity contribution in [1.29, 1.82) is 0 Å². The lowest BCUT2D eigenvalue weighted by atomic mass is 10.1. The highest BCUT2D eigenvalue weighted by Gasteiger charge is 2.19. The lowest BCUT2D eigenvalue weighted by molar-refractivity contribution is 0.102. The molecule has 1 aromatic heterocycles. The van der Waals surface area contributed by atoms with Crippen molar-refractivity contribution in [2.45, 2.75) is 6.92 Å². The number of aryl methyl sites for hydroxylation is 1. The number of para-hydroxylation sites is 1. The summed E-state index contributed by atoms with van der Waals surface area (Å²) in [5.41, 5.74) is 3.41. The number of rotatable bonds is 6. The van der Waals surface area contributed by atoms with Gasteiger partial charge in [-0.15, -0.1) is 0 Å². The molecule has 1 N–H and O–H groups in total. The zero-order valence-electron chi connectivity index (χ0n) is 17.4. The fraction of sp³-hybridized carbons (Fsp3) is 0.125. The number of methoxy groups -OCH3 is 2. The maximum atomic E-state index is 13.0. The Morgan fingerprint density at radius 3 is 2.45 bits per heavy atom. The van der Waals surface area contributed by atoms with Crippen molar-refractivity contribution < 1.29 is 18.8 Å². The second-order valence-corrected chi connectivity index (χ2v) is 6.81. The van der Waals surface area contributed by atoms with Gasteiger partial charge in [0, 0.05) is 11.3 Å². The minimum atomic E-state index is -0.254. The monoisotopic (exact) mass is 415 g/mol. The summed E-state index contributed by atoms with van der Waals surface area (Å²) in [6.07, 6.45) is 0. The number of hydrogen-bond acceptors (Lipinski definition) is 6. The molecule has 0 aliphatic heterocycles. The summed E-state index contributed by atoms with van der Waals surface area (Å²) in [6, 6.07) is 20.1. The second-order valence-electron chi connectivity index (χ2n) is 6.81. The molecular weight excluding hydrogens is 394 g/mol. The van der Waals surface area contributed by atoms with E-state index in [0.717, 1.165) is 11.3 Å². The molecule has 0 atom stereocenters. The molecule has 0 fully saturated rings. The molecule has 3 aromatic carbocycles. The molecular formula is C24H21N3O4. The quantitative estimate of drug-likeness (QED) is 0.478. The molecule has 31 heavy (non-hydrogen) atoms. The van der Waals surface area contributed by atoms with E-state index in [0.29, 0.717) is 34.0 Å². The molecule has 0 spiro atoms. The van der Waals surface area contributed by atoms with Crippen LogP contribution in [-0.4, -0.2) is 30.3 Å². The van der Waals surface area contributed by atoms with Gasteiger partial charge in [0.15, 0.2) is 11.5 Å². The van der Waals surface area contributed by atoms with Crippen LogP contribution >= 0.6 is 0 Å². The highest BCUT2D eigenvalue weighted by Crippen LogP contribution is 2.32. The molecule has 7 heteroatoms. The van der Waals surface area contributed by atoms with Crippen molar-refractivity contribution in [2.75, 3.05) is 19.5 Å². The molecule has 0 unspecified atom stereocenters. The fourth-order valence-corrected chi connectivity index (χ4v) is 3.20. The highest BCUT2D eigenvalue weighted by molar-refractivity contribution is 6.08.